The lowest BCUT2D eigenvalue weighted by atomic mass is 9.97. The van der Waals surface area contributed by atoms with E-state index in [0.717, 1.165) is 83.1 Å². The molecular weight excluding hydrogens is 671 g/mol. The Morgan fingerprint density at radius 1 is 0.255 bits per heavy atom. The normalized spacial score (nSPS) is 11.3. The molecule has 0 atom stereocenters. The maximum Gasteiger partial charge on any atom is 0.164 e. The van der Waals surface area contributed by atoms with Gasteiger partial charge in [-0.15, -0.1) is 0 Å². The summed E-state index contributed by atoms with van der Waals surface area (Å²) in [7, 11) is 0. The molecule has 0 aliphatic carbocycles. The molecule has 4 nitrogen and oxygen atoms in total. The molecule has 258 valence electrons. The molecule has 0 radical (unpaired) electrons. The summed E-state index contributed by atoms with van der Waals surface area (Å²) < 4.78 is 6.16. The Balaban J connectivity index is 1.02. The van der Waals surface area contributed by atoms with Crippen LogP contribution in [0.5, 0.6) is 0 Å². The number of nitrogens with zero attached hydrogens (tertiary/aromatic N) is 3. The van der Waals surface area contributed by atoms with Crippen LogP contribution in [0.3, 0.4) is 0 Å². The minimum Gasteiger partial charge on any atom is -0.456 e. The fourth-order valence-corrected chi connectivity index (χ4v) is 7.41. The van der Waals surface area contributed by atoms with Crippen LogP contribution in [0.25, 0.3) is 101 Å². The molecule has 0 N–H and O–H groups in total. The second-order valence-electron chi connectivity index (χ2n) is 13.6. The highest BCUT2D eigenvalue weighted by atomic mass is 16.3. The van der Waals surface area contributed by atoms with Gasteiger partial charge >= 0.3 is 0 Å². The quantitative estimate of drug-likeness (QED) is 0.166. The molecule has 2 aromatic heterocycles. The molecule has 0 aliphatic heterocycles. The number of benzene rings is 8. The number of fused-ring (bicyclic) bond motifs is 3. The third-order valence-electron chi connectivity index (χ3n) is 10.2. The van der Waals surface area contributed by atoms with E-state index in [4.69, 9.17) is 19.4 Å². The lowest BCUT2D eigenvalue weighted by molar-refractivity contribution is 0.669. The minimum absolute atomic E-state index is 0.619. The molecule has 0 amide bonds. The summed E-state index contributed by atoms with van der Waals surface area (Å²) in [5.41, 5.74) is 13.5. The van der Waals surface area contributed by atoms with Crippen LogP contribution in [0, 0.1) is 0 Å². The molecule has 0 unspecified atom stereocenters. The lowest BCUT2D eigenvalue weighted by Crippen LogP contribution is -2.02. The molecule has 0 saturated heterocycles. The second kappa shape index (κ2) is 13.8. The highest BCUT2D eigenvalue weighted by molar-refractivity contribution is 6.05. The predicted octanol–water partition coefficient (Wildman–Crippen LogP) is 13.4. The molecule has 10 aromatic rings. The standard InChI is InChI=1S/C51H33N3O/c1-3-13-37(14-4-1)41-17-7-9-20-45(41)50-52-49(53-51(54-50)46-21-10-8-18-42(46)38-15-5-2-6-16-38)39-29-27-35(28-30-39)34-23-25-36(26-24-34)40-31-32-44-43-19-11-12-22-47(43)55-48(44)33-40/h1-33H. The molecule has 0 saturated carbocycles. The zero-order valence-corrected chi connectivity index (χ0v) is 29.8. The van der Waals surface area contributed by atoms with Gasteiger partial charge in [-0.1, -0.05) is 182 Å². The Morgan fingerprint density at radius 3 is 1.22 bits per heavy atom. The van der Waals surface area contributed by atoms with Crippen molar-refractivity contribution >= 4 is 21.9 Å². The Labute approximate surface area is 319 Å². The average molecular weight is 704 g/mol. The molecule has 10 rings (SSSR count). The SMILES string of the molecule is c1ccc(-c2ccccc2-c2nc(-c3ccc(-c4ccc(-c5ccc6c(c5)oc5ccccc56)cc4)cc3)nc(-c3ccccc3-c3ccccc3)n2)cc1. The van der Waals surface area contributed by atoms with Crippen molar-refractivity contribution < 1.29 is 4.42 Å². The van der Waals surface area contributed by atoms with Crippen molar-refractivity contribution in [3.8, 4) is 78.7 Å². The number of aromatic nitrogens is 3. The number of furan rings is 1. The van der Waals surface area contributed by atoms with Gasteiger partial charge in [-0.3, -0.25) is 0 Å². The largest absolute Gasteiger partial charge is 0.456 e. The maximum atomic E-state index is 6.16. The third-order valence-corrected chi connectivity index (χ3v) is 10.2. The summed E-state index contributed by atoms with van der Waals surface area (Å²) in [6, 6.07) is 69.3. The van der Waals surface area contributed by atoms with Gasteiger partial charge in [-0.05, 0) is 62.7 Å². The van der Waals surface area contributed by atoms with Gasteiger partial charge in [0, 0.05) is 27.5 Å². The summed E-state index contributed by atoms with van der Waals surface area (Å²) in [5, 5.41) is 2.27. The minimum atomic E-state index is 0.619. The first-order valence-corrected chi connectivity index (χ1v) is 18.4. The van der Waals surface area contributed by atoms with E-state index in [1.54, 1.807) is 0 Å². The Hall–Kier alpha value is -7.43. The van der Waals surface area contributed by atoms with Crippen molar-refractivity contribution in [3.05, 3.63) is 200 Å². The van der Waals surface area contributed by atoms with Crippen LogP contribution in [0.2, 0.25) is 0 Å². The van der Waals surface area contributed by atoms with Crippen molar-refractivity contribution in [1.82, 2.24) is 15.0 Å². The van der Waals surface area contributed by atoms with Crippen molar-refractivity contribution in [2.45, 2.75) is 0 Å². The van der Waals surface area contributed by atoms with Gasteiger partial charge < -0.3 is 4.42 Å². The number of hydrogen-bond donors (Lipinski definition) is 0. The van der Waals surface area contributed by atoms with E-state index in [9.17, 15) is 0 Å². The van der Waals surface area contributed by atoms with Crippen molar-refractivity contribution in [2.24, 2.45) is 0 Å². The summed E-state index contributed by atoms with van der Waals surface area (Å²) in [6.07, 6.45) is 0. The van der Waals surface area contributed by atoms with Crippen molar-refractivity contribution in [1.29, 1.82) is 0 Å². The fourth-order valence-electron chi connectivity index (χ4n) is 7.41. The van der Waals surface area contributed by atoms with Crippen LogP contribution >= 0.6 is 0 Å². The van der Waals surface area contributed by atoms with Gasteiger partial charge in [0.05, 0.1) is 0 Å². The zero-order valence-electron chi connectivity index (χ0n) is 29.8. The molecule has 0 spiro atoms. The second-order valence-corrected chi connectivity index (χ2v) is 13.6. The topological polar surface area (TPSA) is 51.8 Å². The summed E-state index contributed by atoms with van der Waals surface area (Å²) in [6.45, 7) is 0. The number of rotatable bonds is 7. The first kappa shape index (κ1) is 32.2. The van der Waals surface area contributed by atoms with Gasteiger partial charge in [-0.2, -0.15) is 0 Å². The van der Waals surface area contributed by atoms with E-state index in [-0.39, 0.29) is 0 Å². The van der Waals surface area contributed by atoms with Crippen LogP contribution in [0.1, 0.15) is 0 Å². The molecule has 2 heterocycles. The summed E-state index contributed by atoms with van der Waals surface area (Å²) in [4.78, 5) is 15.5. The summed E-state index contributed by atoms with van der Waals surface area (Å²) >= 11 is 0. The zero-order chi connectivity index (χ0) is 36.6. The van der Waals surface area contributed by atoms with Gasteiger partial charge in [0.2, 0.25) is 0 Å². The molecular formula is C51H33N3O. The van der Waals surface area contributed by atoms with Gasteiger partial charge in [0.1, 0.15) is 11.2 Å². The third kappa shape index (κ3) is 6.16. The molecule has 8 aromatic carbocycles. The fraction of sp³-hybridized carbons (Fsp3) is 0. The van der Waals surface area contributed by atoms with Crippen LogP contribution in [-0.4, -0.2) is 15.0 Å². The monoisotopic (exact) mass is 703 g/mol. The van der Waals surface area contributed by atoms with Crippen LogP contribution in [0.4, 0.5) is 0 Å². The van der Waals surface area contributed by atoms with Gasteiger partial charge in [-0.25, -0.2) is 15.0 Å². The number of hydrogen-bond acceptors (Lipinski definition) is 4. The smallest absolute Gasteiger partial charge is 0.164 e. The Bertz CT molecular complexity index is 2850. The molecule has 55 heavy (non-hydrogen) atoms. The van der Waals surface area contributed by atoms with Crippen LogP contribution in [0.15, 0.2) is 205 Å². The average Bonchev–Trinajstić information content (AvgIpc) is 3.65. The van der Waals surface area contributed by atoms with E-state index in [1.807, 2.05) is 42.5 Å². The Kier molecular flexibility index (Phi) is 8.12. The van der Waals surface area contributed by atoms with Crippen molar-refractivity contribution in [3.63, 3.8) is 0 Å². The van der Waals surface area contributed by atoms with Crippen LogP contribution in [-0.2, 0) is 0 Å². The highest BCUT2D eigenvalue weighted by Gasteiger charge is 2.18. The molecule has 0 bridgehead atoms. The molecule has 4 heteroatoms. The summed E-state index contributed by atoms with van der Waals surface area (Å²) in [5.74, 6) is 1.87. The molecule has 0 aliphatic rings. The van der Waals surface area contributed by atoms with E-state index in [2.05, 4.69) is 158 Å². The van der Waals surface area contributed by atoms with E-state index < -0.39 is 0 Å². The Morgan fingerprint density at radius 2 is 0.655 bits per heavy atom. The predicted molar refractivity (Wildman–Crippen MR) is 225 cm³/mol. The maximum absolute atomic E-state index is 6.16. The highest BCUT2D eigenvalue weighted by Crippen LogP contribution is 2.36. The van der Waals surface area contributed by atoms with Gasteiger partial charge in [0.15, 0.2) is 17.5 Å². The molecule has 0 fully saturated rings. The van der Waals surface area contributed by atoms with E-state index in [1.165, 1.54) is 0 Å². The first-order valence-electron chi connectivity index (χ1n) is 18.4. The van der Waals surface area contributed by atoms with E-state index >= 15 is 0 Å². The van der Waals surface area contributed by atoms with Crippen LogP contribution < -0.4 is 0 Å². The number of para-hydroxylation sites is 1. The first-order chi connectivity index (χ1) is 27.2. The van der Waals surface area contributed by atoms with E-state index in [0.29, 0.717) is 17.5 Å². The van der Waals surface area contributed by atoms with Gasteiger partial charge in [0.25, 0.3) is 0 Å². The van der Waals surface area contributed by atoms with Crippen molar-refractivity contribution in [2.75, 3.05) is 0 Å². The lowest BCUT2D eigenvalue weighted by Gasteiger charge is -2.14.